The fraction of sp³-hybridized carbons (Fsp3) is 0.0968. The van der Waals surface area contributed by atoms with E-state index < -0.39 is 11.6 Å². The molecule has 0 saturated heterocycles. The minimum Gasteiger partial charge on any atom is -0.487 e. The van der Waals surface area contributed by atoms with Crippen LogP contribution in [0.25, 0.3) is 10.9 Å². The molecule has 0 bridgehead atoms. The molecule has 0 spiro atoms. The summed E-state index contributed by atoms with van der Waals surface area (Å²) in [7, 11) is 0. The van der Waals surface area contributed by atoms with Gasteiger partial charge in [-0.1, -0.05) is 66.7 Å². The highest BCUT2D eigenvalue weighted by atomic mass is 19.2. The molecule has 0 aliphatic rings. The molecule has 1 amide bonds. The van der Waals surface area contributed by atoms with Gasteiger partial charge in [0.2, 0.25) is 5.91 Å². The van der Waals surface area contributed by atoms with Crippen LogP contribution in [0.15, 0.2) is 109 Å². The first kappa shape index (κ1) is 24.1. The fourth-order valence-corrected chi connectivity index (χ4v) is 4.10. The van der Waals surface area contributed by atoms with Crippen LogP contribution in [0.2, 0.25) is 0 Å². The zero-order chi connectivity index (χ0) is 25.6. The number of halogens is 2. The summed E-state index contributed by atoms with van der Waals surface area (Å²) in [4.78, 5) is 19.5. The number of rotatable bonds is 8. The average molecular weight is 495 g/mol. The minimum absolute atomic E-state index is 0.0194. The van der Waals surface area contributed by atoms with E-state index in [1.807, 2.05) is 66.7 Å². The first-order valence-corrected chi connectivity index (χ1v) is 11.9. The third-order valence-electron chi connectivity index (χ3n) is 6.05. The standard InChI is InChI=1S/C31H24F2N2O2/c32-28-11-6-10-24(31(28)33)19-30(36)35(20-22-7-2-1-3-8-22)26-15-17-27(18-16-26)37-21-25-14-13-23-9-4-5-12-29(23)34-25/h1-18H,19-21H2. The summed E-state index contributed by atoms with van der Waals surface area (Å²) in [5.41, 5.74) is 3.27. The summed E-state index contributed by atoms with van der Waals surface area (Å²) in [6.07, 6.45) is -0.262. The molecule has 0 aliphatic carbocycles. The van der Waals surface area contributed by atoms with E-state index in [1.54, 1.807) is 29.2 Å². The number of anilines is 1. The maximum absolute atomic E-state index is 14.3. The lowest BCUT2D eigenvalue weighted by Crippen LogP contribution is -2.32. The summed E-state index contributed by atoms with van der Waals surface area (Å²) in [6.45, 7) is 0.591. The lowest BCUT2D eigenvalue weighted by Gasteiger charge is -2.24. The van der Waals surface area contributed by atoms with Gasteiger partial charge >= 0.3 is 0 Å². The number of fused-ring (bicyclic) bond motifs is 1. The number of pyridine rings is 1. The number of para-hydroxylation sites is 1. The molecule has 4 aromatic carbocycles. The second kappa shape index (κ2) is 11.0. The molecule has 37 heavy (non-hydrogen) atoms. The Labute approximate surface area is 213 Å². The number of hydrogen-bond acceptors (Lipinski definition) is 3. The van der Waals surface area contributed by atoms with Crippen molar-refractivity contribution in [3.8, 4) is 5.75 Å². The average Bonchev–Trinajstić information content (AvgIpc) is 2.94. The highest BCUT2D eigenvalue weighted by Gasteiger charge is 2.20. The van der Waals surface area contributed by atoms with E-state index in [0.717, 1.165) is 28.2 Å². The van der Waals surface area contributed by atoms with Crippen LogP contribution in [0.5, 0.6) is 5.75 Å². The van der Waals surface area contributed by atoms with Gasteiger partial charge in [0.15, 0.2) is 11.6 Å². The van der Waals surface area contributed by atoms with E-state index in [0.29, 0.717) is 18.0 Å². The van der Waals surface area contributed by atoms with Gasteiger partial charge in [0, 0.05) is 16.6 Å². The van der Waals surface area contributed by atoms with Crippen molar-refractivity contribution in [2.75, 3.05) is 4.90 Å². The number of amides is 1. The minimum atomic E-state index is -0.999. The molecule has 0 unspecified atom stereocenters. The number of nitrogens with zero attached hydrogens (tertiary/aromatic N) is 2. The van der Waals surface area contributed by atoms with Gasteiger partial charge in [0.05, 0.1) is 24.2 Å². The Hall–Kier alpha value is -4.58. The number of aromatic nitrogens is 1. The fourth-order valence-electron chi connectivity index (χ4n) is 4.10. The summed E-state index contributed by atoms with van der Waals surface area (Å²) < 4.78 is 33.9. The van der Waals surface area contributed by atoms with Crippen molar-refractivity contribution in [2.45, 2.75) is 19.6 Å². The van der Waals surface area contributed by atoms with Crippen LogP contribution in [-0.4, -0.2) is 10.9 Å². The predicted molar refractivity (Wildman–Crippen MR) is 140 cm³/mol. The number of ether oxygens (including phenoxy) is 1. The molecular formula is C31H24F2N2O2. The monoisotopic (exact) mass is 494 g/mol. The summed E-state index contributed by atoms with van der Waals surface area (Å²) >= 11 is 0. The third-order valence-corrected chi connectivity index (χ3v) is 6.05. The van der Waals surface area contributed by atoms with Crippen molar-refractivity contribution in [2.24, 2.45) is 0 Å². The summed E-state index contributed by atoms with van der Waals surface area (Å²) in [6, 6.07) is 32.3. The molecule has 6 heteroatoms. The van der Waals surface area contributed by atoms with Crippen LogP contribution in [0.4, 0.5) is 14.5 Å². The van der Waals surface area contributed by atoms with E-state index in [-0.39, 0.29) is 24.4 Å². The molecule has 5 rings (SSSR count). The maximum atomic E-state index is 14.3. The van der Waals surface area contributed by atoms with Gasteiger partial charge in [-0.3, -0.25) is 4.79 Å². The molecule has 4 nitrogen and oxygen atoms in total. The topological polar surface area (TPSA) is 42.4 Å². The largest absolute Gasteiger partial charge is 0.487 e. The molecule has 0 radical (unpaired) electrons. The van der Waals surface area contributed by atoms with Crippen molar-refractivity contribution in [3.63, 3.8) is 0 Å². The van der Waals surface area contributed by atoms with Gasteiger partial charge in [-0.05, 0) is 48.0 Å². The van der Waals surface area contributed by atoms with Crippen LogP contribution >= 0.6 is 0 Å². The Morgan fingerprint density at radius 1 is 0.784 bits per heavy atom. The normalized spacial score (nSPS) is 10.9. The Kier molecular flexibility index (Phi) is 7.17. The second-order valence-electron chi connectivity index (χ2n) is 8.63. The molecular weight excluding hydrogens is 470 g/mol. The zero-order valence-electron chi connectivity index (χ0n) is 20.0. The van der Waals surface area contributed by atoms with Gasteiger partial charge in [-0.2, -0.15) is 0 Å². The third kappa shape index (κ3) is 5.81. The molecule has 0 saturated carbocycles. The van der Waals surface area contributed by atoms with Crippen LogP contribution in [0, 0.1) is 11.6 Å². The Bertz CT molecular complexity index is 1520. The van der Waals surface area contributed by atoms with Crippen LogP contribution < -0.4 is 9.64 Å². The van der Waals surface area contributed by atoms with Crippen LogP contribution in [0.3, 0.4) is 0 Å². The van der Waals surface area contributed by atoms with Crippen molar-refractivity contribution < 1.29 is 18.3 Å². The zero-order valence-corrected chi connectivity index (χ0v) is 20.0. The maximum Gasteiger partial charge on any atom is 0.231 e. The smallest absolute Gasteiger partial charge is 0.231 e. The lowest BCUT2D eigenvalue weighted by atomic mass is 10.1. The molecule has 0 atom stereocenters. The van der Waals surface area contributed by atoms with Crippen molar-refractivity contribution >= 4 is 22.5 Å². The van der Waals surface area contributed by atoms with E-state index >= 15 is 0 Å². The first-order valence-electron chi connectivity index (χ1n) is 11.9. The summed E-state index contributed by atoms with van der Waals surface area (Å²) in [5.74, 6) is -1.69. The lowest BCUT2D eigenvalue weighted by molar-refractivity contribution is -0.118. The molecule has 0 fully saturated rings. The SMILES string of the molecule is O=C(Cc1cccc(F)c1F)N(Cc1ccccc1)c1ccc(OCc2ccc3ccccc3n2)cc1. The molecule has 0 N–H and O–H groups in total. The van der Waals surface area contributed by atoms with Gasteiger partial charge in [-0.25, -0.2) is 13.8 Å². The van der Waals surface area contributed by atoms with Gasteiger partial charge < -0.3 is 9.64 Å². The first-order chi connectivity index (χ1) is 18.1. The van der Waals surface area contributed by atoms with Crippen molar-refractivity contribution in [3.05, 3.63) is 138 Å². The van der Waals surface area contributed by atoms with E-state index in [2.05, 4.69) is 4.98 Å². The van der Waals surface area contributed by atoms with E-state index in [1.165, 1.54) is 12.1 Å². The second-order valence-corrected chi connectivity index (χ2v) is 8.63. The van der Waals surface area contributed by atoms with Gasteiger partial charge in [0.1, 0.15) is 12.4 Å². The van der Waals surface area contributed by atoms with Crippen LogP contribution in [0.1, 0.15) is 16.8 Å². The van der Waals surface area contributed by atoms with Gasteiger partial charge in [0.25, 0.3) is 0 Å². The van der Waals surface area contributed by atoms with Gasteiger partial charge in [-0.15, -0.1) is 0 Å². The highest BCUT2D eigenvalue weighted by molar-refractivity contribution is 5.94. The molecule has 0 aliphatic heterocycles. The Balaban J connectivity index is 1.33. The number of hydrogen-bond donors (Lipinski definition) is 0. The van der Waals surface area contributed by atoms with E-state index in [9.17, 15) is 13.6 Å². The quantitative estimate of drug-likeness (QED) is 0.236. The predicted octanol–water partition coefficient (Wildman–Crippen LogP) is 6.87. The van der Waals surface area contributed by atoms with Crippen molar-refractivity contribution in [1.29, 1.82) is 0 Å². The molecule has 5 aromatic rings. The van der Waals surface area contributed by atoms with Crippen LogP contribution in [-0.2, 0) is 24.4 Å². The number of carbonyl (C=O) groups is 1. The summed E-state index contributed by atoms with van der Waals surface area (Å²) in [5, 5.41) is 1.07. The molecule has 1 heterocycles. The molecule has 184 valence electrons. The van der Waals surface area contributed by atoms with E-state index in [4.69, 9.17) is 4.74 Å². The Morgan fingerprint density at radius 2 is 1.54 bits per heavy atom. The number of benzene rings is 4. The Morgan fingerprint density at radius 3 is 2.35 bits per heavy atom. The van der Waals surface area contributed by atoms with Crippen molar-refractivity contribution in [1.82, 2.24) is 4.98 Å². The number of carbonyl (C=O) groups excluding carboxylic acids is 1. The molecule has 1 aromatic heterocycles. The highest BCUT2D eigenvalue weighted by Crippen LogP contribution is 2.24.